The Labute approximate surface area is 62.9 Å². The molecule has 0 aliphatic heterocycles. The summed E-state index contributed by atoms with van der Waals surface area (Å²) in [7, 11) is 0. The fraction of sp³-hybridized carbons (Fsp3) is 0.429. The van der Waals surface area contributed by atoms with Gasteiger partial charge in [-0.15, -0.1) is 11.3 Å². The molecular weight excluding hydrogens is 146 g/mol. The van der Waals surface area contributed by atoms with E-state index in [1.807, 2.05) is 6.92 Å². The zero-order chi connectivity index (χ0) is 7.14. The first-order valence-electron chi connectivity index (χ1n) is 3.27. The summed E-state index contributed by atoms with van der Waals surface area (Å²) < 4.78 is 0. The van der Waals surface area contributed by atoms with Gasteiger partial charge in [-0.2, -0.15) is 0 Å². The van der Waals surface area contributed by atoms with Crippen molar-refractivity contribution in [3.05, 3.63) is 15.6 Å². The molecule has 1 aliphatic carbocycles. The Morgan fingerprint density at radius 3 is 3.00 bits per heavy atom. The van der Waals surface area contributed by atoms with Gasteiger partial charge < -0.3 is 0 Å². The molecule has 0 unspecified atom stereocenters. The maximum absolute atomic E-state index is 11.0. The minimum Gasteiger partial charge on any atom is -0.293 e. The number of ketones is 1. The molecule has 2 nitrogen and oxygen atoms in total. The maximum Gasteiger partial charge on any atom is 0.175 e. The van der Waals surface area contributed by atoms with E-state index in [0.29, 0.717) is 6.42 Å². The van der Waals surface area contributed by atoms with Crippen LogP contribution < -0.4 is 0 Å². The summed E-state index contributed by atoms with van der Waals surface area (Å²) in [4.78, 5) is 16.2. The molecule has 1 aliphatic rings. The fourth-order valence-corrected chi connectivity index (χ4v) is 2.14. The van der Waals surface area contributed by atoms with Gasteiger partial charge in [-0.1, -0.05) is 0 Å². The number of carbonyl (C=O) groups excluding carboxylic acids is 1. The molecular formula is C7H7NOS. The lowest BCUT2D eigenvalue weighted by atomic mass is 10.3. The predicted molar refractivity (Wildman–Crippen MR) is 39.5 cm³/mol. The first-order valence-corrected chi connectivity index (χ1v) is 4.08. The third-order valence-electron chi connectivity index (χ3n) is 1.65. The number of Topliss-reactive ketones (excluding diaryl/α,β-unsaturated/α-hetero) is 1. The molecule has 1 aromatic heterocycles. The van der Waals surface area contributed by atoms with Crippen LogP contribution in [0.15, 0.2) is 0 Å². The molecule has 52 valence electrons. The number of nitrogens with zero attached hydrogens (tertiary/aromatic N) is 1. The lowest BCUT2D eigenvalue weighted by Gasteiger charge is -1.80. The highest BCUT2D eigenvalue weighted by atomic mass is 32.1. The number of hydrogen-bond acceptors (Lipinski definition) is 3. The van der Waals surface area contributed by atoms with Gasteiger partial charge in [0.2, 0.25) is 0 Å². The molecule has 2 rings (SSSR count). The van der Waals surface area contributed by atoms with Gasteiger partial charge in [-0.25, -0.2) is 4.98 Å². The number of hydrogen-bond donors (Lipinski definition) is 0. The molecule has 10 heavy (non-hydrogen) atoms. The first-order chi connectivity index (χ1) is 4.77. The van der Waals surface area contributed by atoms with E-state index < -0.39 is 0 Å². The summed E-state index contributed by atoms with van der Waals surface area (Å²) in [5, 5.41) is 1.01. The molecule has 0 atom stereocenters. The molecule has 0 spiro atoms. The molecule has 0 saturated carbocycles. The van der Waals surface area contributed by atoms with E-state index in [0.717, 1.165) is 22.0 Å². The van der Waals surface area contributed by atoms with Crippen LogP contribution in [0, 0.1) is 6.92 Å². The standard InChI is InChI=1S/C7H7NOS/c1-4-8-5-2-3-6(9)7(5)10-4/h2-3H2,1H3. The summed E-state index contributed by atoms with van der Waals surface area (Å²) in [6.45, 7) is 1.94. The highest BCUT2D eigenvalue weighted by molar-refractivity contribution is 7.13. The van der Waals surface area contributed by atoms with Crippen LogP contribution >= 0.6 is 11.3 Å². The number of thiazole rings is 1. The van der Waals surface area contributed by atoms with Crippen LogP contribution in [0.4, 0.5) is 0 Å². The predicted octanol–water partition coefficient (Wildman–Crippen LogP) is 1.58. The van der Waals surface area contributed by atoms with Crippen LogP contribution in [-0.2, 0) is 6.42 Å². The highest BCUT2D eigenvalue weighted by Crippen LogP contribution is 2.26. The molecule has 0 bridgehead atoms. The zero-order valence-electron chi connectivity index (χ0n) is 5.68. The molecule has 0 radical (unpaired) electrons. The van der Waals surface area contributed by atoms with Gasteiger partial charge in [0.05, 0.1) is 15.6 Å². The van der Waals surface area contributed by atoms with Crippen molar-refractivity contribution in [2.24, 2.45) is 0 Å². The second-order valence-electron chi connectivity index (χ2n) is 2.43. The molecule has 0 saturated heterocycles. The Hall–Kier alpha value is -0.700. The Morgan fingerprint density at radius 1 is 1.50 bits per heavy atom. The van der Waals surface area contributed by atoms with Crippen molar-refractivity contribution >= 4 is 17.1 Å². The first kappa shape index (κ1) is 6.04. The lowest BCUT2D eigenvalue weighted by molar-refractivity contribution is 0.0998. The van der Waals surface area contributed by atoms with Crippen molar-refractivity contribution in [3.8, 4) is 0 Å². The van der Waals surface area contributed by atoms with Crippen LogP contribution in [0.1, 0.15) is 26.8 Å². The van der Waals surface area contributed by atoms with Gasteiger partial charge in [0.15, 0.2) is 5.78 Å². The summed E-state index contributed by atoms with van der Waals surface area (Å²) in [5.41, 5.74) is 1.02. The quantitative estimate of drug-likeness (QED) is 0.566. The van der Waals surface area contributed by atoms with Crippen molar-refractivity contribution in [1.29, 1.82) is 0 Å². The van der Waals surface area contributed by atoms with Gasteiger partial charge in [0, 0.05) is 6.42 Å². The summed E-state index contributed by atoms with van der Waals surface area (Å²) >= 11 is 1.52. The smallest absolute Gasteiger partial charge is 0.175 e. The number of aryl methyl sites for hydroxylation is 2. The minimum atomic E-state index is 0.278. The number of aromatic nitrogens is 1. The normalized spacial score (nSPS) is 15.9. The van der Waals surface area contributed by atoms with E-state index in [-0.39, 0.29) is 5.78 Å². The van der Waals surface area contributed by atoms with Crippen LogP contribution in [0.25, 0.3) is 0 Å². The van der Waals surface area contributed by atoms with E-state index in [2.05, 4.69) is 4.98 Å². The van der Waals surface area contributed by atoms with Crippen LogP contribution in [0.3, 0.4) is 0 Å². The van der Waals surface area contributed by atoms with Crippen LogP contribution in [-0.4, -0.2) is 10.8 Å². The summed E-state index contributed by atoms with van der Waals surface area (Å²) in [5.74, 6) is 0.278. The molecule has 0 aromatic carbocycles. The molecule has 1 aromatic rings. The topological polar surface area (TPSA) is 30.0 Å². The van der Waals surface area contributed by atoms with E-state index >= 15 is 0 Å². The average molecular weight is 153 g/mol. The molecule has 1 heterocycles. The highest BCUT2D eigenvalue weighted by Gasteiger charge is 2.22. The SMILES string of the molecule is Cc1nc2c(s1)C(=O)CC2. The average Bonchev–Trinajstić information content (AvgIpc) is 2.35. The molecule has 0 amide bonds. The van der Waals surface area contributed by atoms with Crippen LogP contribution in [0.2, 0.25) is 0 Å². The molecule has 0 fully saturated rings. The Kier molecular flexibility index (Phi) is 1.14. The van der Waals surface area contributed by atoms with E-state index in [1.165, 1.54) is 11.3 Å². The number of rotatable bonds is 0. The Bertz CT molecular complexity index is 290. The maximum atomic E-state index is 11.0. The second kappa shape index (κ2) is 1.89. The second-order valence-corrected chi connectivity index (χ2v) is 3.64. The van der Waals surface area contributed by atoms with Gasteiger partial charge in [0.1, 0.15) is 0 Å². The van der Waals surface area contributed by atoms with E-state index in [9.17, 15) is 4.79 Å². The molecule has 0 N–H and O–H groups in total. The Morgan fingerprint density at radius 2 is 2.30 bits per heavy atom. The third-order valence-corrected chi connectivity index (χ3v) is 2.70. The Balaban J connectivity index is 2.59. The van der Waals surface area contributed by atoms with Crippen molar-refractivity contribution < 1.29 is 4.79 Å². The number of carbonyl (C=O) groups is 1. The van der Waals surface area contributed by atoms with E-state index in [1.54, 1.807) is 0 Å². The van der Waals surface area contributed by atoms with Gasteiger partial charge in [0.25, 0.3) is 0 Å². The largest absolute Gasteiger partial charge is 0.293 e. The van der Waals surface area contributed by atoms with Gasteiger partial charge >= 0.3 is 0 Å². The fourth-order valence-electron chi connectivity index (χ4n) is 1.20. The van der Waals surface area contributed by atoms with Gasteiger partial charge in [-0.3, -0.25) is 4.79 Å². The monoisotopic (exact) mass is 153 g/mol. The zero-order valence-corrected chi connectivity index (χ0v) is 6.49. The summed E-state index contributed by atoms with van der Waals surface area (Å²) in [6.07, 6.45) is 1.53. The van der Waals surface area contributed by atoms with Crippen molar-refractivity contribution in [2.75, 3.05) is 0 Å². The van der Waals surface area contributed by atoms with E-state index in [4.69, 9.17) is 0 Å². The van der Waals surface area contributed by atoms with Crippen LogP contribution in [0.5, 0.6) is 0 Å². The minimum absolute atomic E-state index is 0.278. The van der Waals surface area contributed by atoms with Gasteiger partial charge in [-0.05, 0) is 13.3 Å². The molecule has 3 heteroatoms. The van der Waals surface area contributed by atoms with Crippen molar-refractivity contribution in [2.45, 2.75) is 19.8 Å². The van der Waals surface area contributed by atoms with Crippen molar-refractivity contribution in [3.63, 3.8) is 0 Å². The summed E-state index contributed by atoms with van der Waals surface area (Å²) in [6, 6.07) is 0. The van der Waals surface area contributed by atoms with Crippen molar-refractivity contribution in [1.82, 2.24) is 4.98 Å². The lowest BCUT2D eigenvalue weighted by Crippen LogP contribution is -1.85. The number of fused-ring (bicyclic) bond motifs is 1. The third kappa shape index (κ3) is 0.703.